The van der Waals surface area contributed by atoms with Crippen LogP contribution in [0.5, 0.6) is 0 Å². The SMILES string of the molecule is Nc1ccc(N2CCCC3CCCCC32)c(F)c1. The van der Waals surface area contributed by atoms with E-state index in [0.29, 0.717) is 11.7 Å². The number of rotatable bonds is 1. The van der Waals surface area contributed by atoms with E-state index in [4.69, 9.17) is 5.73 Å². The van der Waals surface area contributed by atoms with Gasteiger partial charge in [-0.15, -0.1) is 0 Å². The summed E-state index contributed by atoms with van der Waals surface area (Å²) in [5.74, 6) is 0.602. The number of nitrogens with two attached hydrogens (primary N) is 1. The molecule has 3 heteroatoms. The van der Waals surface area contributed by atoms with Crippen molar-refractivity contribution in [2.24, 2.45) is 5.92 Å². The summed E-state index contributed by atoms with van der Waals surface area (Å²) in [7, 11) is 0. The summed E-state index contributed by atoms with van der Waals surface area (Å²) in [6, 6.07) is 5.65. The molecule has 0 spiro atoms. The van der Waals surface area contributed by atoms with Crippen LogP contribution in [0.1, 0.15) is 38.5 Å². The van der Waals surface area contributed by atoms with E-state index in [-0.39, 0.29) is 5.82 Å². The second kappa shape index (κ2) is 4.79. The van der Waals surface area contributed by atoms with Crippen molar-refractivity contribution in [3.63, 3.8) is 0 Å². The molecule has 1 aliphatic carbocycles. The average Bonchev–Trinajstić information content (AvgIpc) is 2.38. The summed E-state index contributed by atoms with van der Waals surface area (Å²) in [6.45, 7) is 0.988. The molecule has 2 fully saturated rings. The summed E-state index contributed by atoms with van der Waals surface area (Å²) in [4.78, 5) is 2.29. The molecular formula is C15H21FN2. The van der Waals surface area contributed by atoms with E-state index in [9.17, 15) is 4.39 Å². The molecule has 3 rings (SSSR count). The number of nitrogen functional groups attached to an aromatic ring is 1. The molecule has 98 valence electrons. The molecule has 2 unspecified atom stereocenters. The molecule has 1 aromatic rings. The van der Waals surface area contributed by atoms with Crippen LogP contribution in [-0.4, -0.2) is 12.6 Å². The van der Waals surface area contributed by atoms with Crippen molar-refractivity contribution in [1.82, 2.24) is 0 Å². The predicted molar refractivity (Wildman–Crippen MR) is 73.1 cm³/mol. The van der Waals surface area contributed by atoms with Crippen molar-refractivity contribution < 1.29 is 4.39 Å². The standard InChI is InChI=1S/C15H21FN2/c16-13-10-12(17)7-8-15(13)18-9-3-5-11-4-1-2-6-14(11)18/h7-8,10-11,14H,1-6,9,17H2. The van der Waals surface area contributed by atoms with Gasteiger partial charge in [-0.2, -0.15) is 0 Å². The summed E-state index contributed by atoms with van der Waals surface area (Å²) < 4.78 is 14.1. The average molecular weight is 248 g/mol. The lowest BCUT2D eigenvalue weighted by Gasteiger charge is -2.45. The van der Waals surface area contributed by atoms with E-state index in [0.717, 1.165) is 18.2 Å². The van der Waals surface area contributed by atoms with Crippen molar-refractivity contribution in [2.45, 2.75) is 44.6 Å². The summed E-state index contributed by atoms with van der Waals surface area (Å²) in [5, 5.41) is 0. The smallest absolute Gasteiger partial charge is 0.148 e. The number of nitrogens with zero attached hydrogens (tertiary/aromatic N) is 1. The molecule has 2 aliphatic rings. The van der Waals surface area contributed by atoms with Crippen LogP contribution in [0.4, 0.5) is 15.8 Å². The first-order valence-electron chi connectivity index (χ1n) is 7.07. The third-order valence-corrected chi connectivity index (χ3v) is 4.52. The maximum Gasteiger partial charge on any atom is 0.148 e. The lowest BCUT2D eigenvalue weighted by molar-refractivity contribution is 0.242. The number of piperidine rings is 1. The normalized spacial score (nSPS) is 27.9. The number of anilines is 2. The highest BCUT2D eigenvalue weighted by Crippen LogP contribution is 2.38. The fourth-order valence-corrected chi connectivity index (χ4v) is 3.68. The molecule has 2 atom stereocenters. The van der Waals surface area contributed by atoms with E-state index < -0.39 is 0 Å². The number of benzene rings is 1. The summed E-state index contributed by atoms with van der Waals surface area (Å²) in [6.07, 6.45) is 7.67. The Balaban J connectivity index is 1.89. The summed E-state index contributed by atoms with van der Waals surface area (Å²) >= 11 is 0. The van der Waals surface area contributed by atoms with Gasteiger partial charge in [0.15, 0.2) is 0 Å². The zero-order chi connectivity index (χ0) is 12.5. The van der Waals surface area contributed by atoms with E-state index in [1.807, 2.05) is 12.1 Å². The van der Waals surface area contributed by atoms with E-state index in [2.05, 4.69) is 4.90 Å². The number of halogens is 1. The molecule has 0 amide bonds. The van der Waals surface area contributed by atoms with Gasteiger partial charge in [0.2, 0.25) is 0 Å². The Morgan fingerprint density at radius 2 is 1.89 bits per heavy atom. The summed E-state index contributed by atoms with van der Waals surface area (Å²) in [5.41, 5.74) is 6.89. The van der Waals surface area contributed by atoms with Crippen LogP contribution in [0.2, 0.25) is 0 Å². The van der Waals surface area contributed by atoms with E-state index in [1.54, 1.807) is 0 Å². The maximum absolute atomic E-state index is 14.1. The van der Waals surface area contributed by atoms with Crippen LogP contribution in [0.25, 0.3) is 0 Å². The molecule has 2 N–H and O–H groups in total. The van der Waals surface area contributed by atoms with Crippen molar-refractivity contribution in [3.8, 4) is 0 Å². The van der Waals surface area contributed by atoms with Crippen molar-refractivity contribution in [3.05, 3.63) is 24.0 Å². The van der Waals surface area contributed by atoms with Gasteiger partial charge in [-0.05, 0) is 49.8 Å². The lowest BCUT2D eigenvalue weighted by atomic mass is 9.78. The first-order chi connectivity index (χ1) is 8.75. The Morgan fingerprint density at radius 3 is 2.72 bits per heavy atom. The van der Waals surface area contributed by atoms with Gasteiger partial charge in [-0.1, -0.05) is 12.8 Å². The number of fused-ring (bicyclic) bond motifs is 1. The zero-order valence-electron chi connectivity index (χ0n) is 10.7. The molecule has 0 radical (unpaired) electrons. The third kappa shape index (κ3) is 2.06. The topological polar surface area (TPSA) is 29.3 Å². The van der Waals surface area contributed by atoms with Gasteiger partial charge >= 0.3 is 0 Å². The van der Waals surface area contributed by atoms with Gasteiger partial charge in [-0.25, -0.2) is 4.39 Å². The molecular weight excluding hydrogens is 227 g/mol. The third-order valence-electron chi connectivity index (χ3n) is 4.52. The van der Waals surface area contributed by atoms with Crippen molar-refractivity contribution in [2.75, 3.05) is 17.2 Å². The second-order valence-electron chi connectivity index (χ2n) is 5.66. The fourth-order valence-electron chi connectivity index (χ4n) is 3.68. The molecule has 18 heavy (non-hydrogen) atoms. The fraction of sp³-hybridized carbons (Fsp3) is 0.600. The van der Waals surface area contributed by atoms with Crippen LogP contribution < -0.4 is 10.6 Å². The molecule has 0 aromatic heterocycles. The number of hydrogen-bond acceptors (Lipinski definition) is 2. The number of hydrogen-bond donors (Lipinski definition) is 1. The molecule has 1 aromatic carbocycles. The highest BCUT2D eigenvalue weighted by molar-refractivity contribution is 5.55. The van der Waals surface area contributed by atoms with Gasteiger partial charge in [0, 0.05) is 18.3 Å². The van der Waals surface area contributed by atoms with Gasteiger partial charge in [0.25, 0.3) is 0 Å². The first kappa shape index (κ1) is 11.8. The monoisotopic (exact) mass is 248 g/mol. The first-order valence-corrected chi connectivity index (χ1v) is 7.07. The zero-order valence-corrected chi connectivity index (χ0v) is 10.7. The Hall–Kier alpha value is -1.25. The molecule has 1 saturated carbocycles. The van der Waals surface area contributed by atoms with Gasteiger partial charge < -0.3 is 10.6 Å². The second-order valence-corrected chi connectivity index (χ2v) is 5.66. The van der Waals surface area contributed by atoms with Gasteiger partial charge in [0.1, 0.15) is 5.82 Å². The van der Waals surface area contributed by atoms with Crippen LogP contribution >= 0.6 is 0 Å². The van der Waals surface area contributed by atoms with Crippen LogP contribution in [0.3, 0.4) is 0 Å². The van der Waals surface area contributed by atoms with Crippen molar-refractivity contribution >= 4 is 11.4 Å². The van der Waals surface area contributed by atoms with Crippen molar-refractivity contribution in [1.29, 1.82) is 0 Å². The quantitative estimate of drug-likeness (QED) is 0.770. The van der Waals surface area contributed by atoms with Crippen LogP contribution in [0.15, 0.2) is 18.2 Å². The van der Waals surface area contributed by atoms with E-state index in [1.165, 1.54) is 44.6 Å². The Kier molecular flexibility index (Phi) is 3.14. The van der Waals surface area contributed by atoms with Crippen LogP contribution in [0, 0.1) is 11.7 Å². The molecule has 1 aliphatic heterocycles. The molecule has 1 saturated heterocycles. The van der Waals surface area contributed by atoms with Gasteiger partial charge in [0.05, 0.1) is 5.69 Å². The Labute approximate surface area is 108 Å². The molecule has 1 heterocycles. The molecule has 0 bridgehead atoms. The molecule has 2 nitrogen and oxygen atoms in total. The lowest BCUT2D eigenvalue weighted by Crippen LogP contribution is -2.47. The van der Waals surface area contributed by atoms with Gasteiger partial charge in [-0.3, -0.25) is 0 Å². The highest BCUT2D eigenvalue weighted by Gasteiger charge is 2.34. The minimum atomic E-state index is -0.166. The predicted octanol–water partition coefficient (Wildman–Crippen LogP) is 3.57. The largest absolute Gasteiger partial charge is 0.399 e. The minimum Gasteiger partial charge on any atom is -0.399 e. The Bertz CT molecular complexity index is 431. The Morgan fingerprint density at radius 1 is 1.11 bits per heavy atom. The minimum absolute atomic E-state index is 0.166. The van der Waals surface area contributed by atoms with Crippen LogP contribution in [-0.2, 0) is 0 Å². The highest BCUT2D eigenvalue weighted by atomic mass is 19.1. The van der Waals surface area contributed by atoms with E-state index >= 15 is 0 Å². The maximum atomic E-state index is 14.1.